The molecule has 1 aliphatic rings. The molecule has 3 N–H and O–H groups in total. The van der Waals surface area contributed by atoms with Gasteiger partial charge < -0.3 is 15.7 Å². The molecule has 1 aromatic rings. The maximum Gasteiger partial charge on any atom is 0.319 e. The smallest absolute Gasteiger partial charge is 0.319 e. The molecule has 0 atom stereocenters. The molecule has 0 bridgehead atoms. The summed E-state index contributed by atoms with van der Waals surface area (Å²) in [6.45, 7) is 0.129. The molecule has 1 aliphatic carbocycles. The molecule has 6 nitrogen and oxygen atoms in total. The van der Waals surface area contributed by atoms with Crippen LogP contribution in [0.5, 0.6) is 0 Å². The summed E-state index contributed by atoms with van der Waals surface area (Å²) in [7, 11) is 0. The van der Waals surface area contributed by atoms with Crippen LogP contribution in [0.2, 0.25) is 0 Å². The van der Waals surface area contributed by atoms with Crippen LogP contribution in [0.3, 0.4) is 0 Å². The molecule has 0 aliphatic heterocycles. The molecule has 0 spiro atoms. The molecule has 2 amide bonds. The van der Waals surface area contributed by atoms with Crippen LogP contribution in [0, 0.1) is 16.7 Å². The van der Waals surface area contributed by atoms with Crippen LogP contribution in [0.25, 0.3) is 0 Å². The number of nitriles is 1. The quantitative estimate of drug-likeness (QED) is 0.780. The first-order valence-corrected chi connectivity index (χ1v) is 6.34. The average molecular weight is 273 g/mol. The second-order valence-corrected chi connectivity index (χ2v) is 4.94. The molecule has 2 rings (SSSR count). The van der Waals surface area contributed by atoms with Crippen LogP contribution < -0.4 is 10.6 Å². The minimum absolute atomic E-state index is 0.129. The lowest BCUT2D eigenvalue weighted by Gasteiger charge is -2.37. The normalized spacial score (nSPS) is 15.6. The molecule has 6 heteroatoms. The van der Waals surface area contributed by atoms with Crippen LogP contribution in [0.15, 0.2) is 24.3 Å². The average Bonchev–Trinajstić information content (AvgIpc) is 2.38. The van der Waals surface area contributed by atoms with E-state index in [1.165, 1.54) is 0 Å². The van der Waals surface area contributed by atoms with E-state index in [4.69, 9.17) is 10.4 Å². The predicted octanol–water partition coefficient (Wildman–Crippen LogP) is 1.93. The number of carbonyl (C=O) groups excluding carboxylic acids is 1. The van der Waals surface area contributed by atoms with Gasteiger partial charge >= 0.3 is 12.0 Å². The van der Waals surface area contributed by atoms with Gasteiger partial charge in [-0.05, 0) is 37.1 Å². The first-order valence-electron chi connectivity index (χ1n) is 6.34. The number of nitrogens with one attached hydrogen (secondary N) is 2. The molecule has 0 saturated heterocycles. The van der Waals surface area contributed by atoms with Crippen molar-refractivity contribution in [3.8, 4) is 6.07 Å². The van der Waals surface area contributed by atoms with Gasteiger partial charge in [0.05, 0.1) is 17.0 Å². The number of aliphatic carboxylic acids is 1. The number of rotatable bonds is 4. The molecule has 0 unspecified atom stereocenters. The second kappa shape index (κ2) is 5.61. The van der Waals surface area contributed by atoms with Crippen molar-refractivity contribution >= 4 is 17.7 Å². The van der Waals surface area contributed by atoms with Gasteiger partial charge in [-0.25, -0.2) is 4.79 Å². The van der Waals surface area contributed by atoms with E-state index in [0.717, 1.165) is 6.42 Å². The number of hydrogen-bond donors (Lipinski definition) is 3. The van der Waals surface area contributed by atoms with Crippen LogP contribution in [0.4, 0.5) is 10.5 Å². The van der Waals surface area contributed by atoms with E-state index in [1.54, 1.807) is 24.3 Å². The fourth-order valence-corrected chi connectivity index (χ4v) is 2.12. The van der Waals surface area contributed by atoms with E-state index in [-0.39, 0.29) is 6.54 Å². The Bertz CT molecular complexity index is 556. The number of carboxylic acids is 1. The van der Waals surface area contributed by atoms with Crippen LogP contribution in [0.1, 0.15) is 24.8 Å². The van der Waals surface area contributed by atoms with Crippen molar-refractivity contribution < 1.29 is 14.7 Å². The highest BCUT2D eigenvalue weighted by Gasteiger charge is 2.44. The standard InChI is InChI=1S/C14H15N3O3/c15-8-10-2-4-11(5-3-10)17-13(20)16-9-14(12(18)19)6-1-7-14/h2-5H,1,6-7,9H2,(H,18,19)(H2,16,17,20). The maximum absolute atomic E-state index is 11.7. The second-order valence-electron chi connectivity index (χ2n) is 4.94. The minimum Gasteiger partial charge on any atom is -0.481 e. The fraction of sp³-hybridized carbons (Fsp3) is 0.357. The van der Waals surface area contributed by atoms with Crippen molar-refractivity contribution in [3.05, 3.63) is 29.8 Å². The topological polar surface area (TPSA) is 102 Å². The number of hydrogen-bond acceptors (Lipinski definition) is 3. The Balaban J connectivity index is 1.86. The number of anilines is 1. The first-order chi connectivity index (χ1) is 9.55. The van der Waals surface area contributed by atoms with Gasteiger partial charge in [-0.15, -0.1) is 0 Å². The van der Waals surface area contributed by atoms with E-state index in [0.29, 0.717) is 24.1 Å². The Morgan fingerprint density at radius 1 is 1.30 bits per heavy atom. The summed E-state index contributed by atoms with van der Waals surface area (Å²) in [5, 5.41) is 23.0. The van der Waals surface area contributed by atoms with E-state index >= 15 is 0 Å². The fourth-order valence-electron chi connectivity index (χ4n) is 2.12. The van der Waals surface area contributed by atoms with Crippen molar-refractivity contribution in [2.45, 2.75) is 19.3 Å². The van der Waals surface area contributed by atoms with Crippen molar-refractivity contribution in [1.29, 1.82) is 5.26 Å². The molecule has 0 aromatic heterocycles. The number of carboxylic acid groups (broad SMARTS) is 1. The van der Waals surface area contributed by atoms with Crippen molar-refractivity contribution in [1.82, 2.24) is 5.32 Å². The Morgan fingerprint density at radius 3 is 2.40 bits per heavy atom. The SMILES string of the molecule is N#Cc1ccc(NC(=O)NCC2(C(=O)O)CCC2)cc1. The third kappa shape index (κ3) is 2.88. The van der Waals surface area contributed by atoms with Crippen LogP contribution in [-0.4, -0.2) is 23.7 Å². The van der Waals surface area contributed by atoms with Gasteiger partial charge in [-0.3, -0.25) is 4.79 Å². The van der Waals surface area contributed by atoms with E-state index < -0.39 is 17.4 Å². The number of urea groups is 1. The number of benzene rings is 1. The van der Waals surface area contributed by atoms with Gasteiger partial charge in [-0.2, -0.15) is 5.26 Å². The highest BCUT2D eigenvalue weighted by Crippen LogP contribution is 2.40. The highest BCUT2D eigenvalue weighted by atomic mass is 16.4. The largest absolute Gasteiger partial charge is 0.481 e. The van der Waals surface area contributed by atoms with Gasteiger partial charge in [0.2, 0.25) is 0 Å². The molecule has 1 fully saturated rings. The molecule has 0 radical (unpaired) electrons. The zero-order chi connectivity index (χ0) is 14.6. The molecule has 1 aromatic carbocycles. The van der Waals surface area contributed by atoms with Gasteiger partial charge in [0.15, 0.2) is 0 Å². The van der Waals surface area contributed by atoms with E-state index in [1.807, 2.05) is 6.07 Å². The monoisotopic (exact) mass is 273 g/mol. The summed E-state index contributed by atoms with van der Waals surface area (Å²) in [4.78, 5) is 22.8. The summed E-state index contributed by atoms with van der Waals surface area (Å²) in [6, 6.07) is 7.98. The van der Waals surface area contributed by atoms with Gasteiger partial charge in [0, 0.05) is 12.2 Å². The third-order valence-electron chi connectivity index (χ3n) is 3.62. The number of carbonyl (C=O) groups is 2. The summed E-state index contributed by atoms with van der Waals surface area (Å²) in [5.74, 6) is -0.859. The number of amides is 2. The minimum atomic E-state index is -0.859. The summed E-state index contributed by atoms with van der Waals surface area (Å²) < 4.78 is 0. The Morgan fingerprint density at radius 2 is 1.95 bits per heavy atom. The zero-order valence-corrected chi connectivity index (χ0v) is 10.8. The van der Waals surface area contributed by atoms with Crippen molar-refractivity contribution in [2.24, 2.45) is 5.41 Å². The summed E-state index contributed by atoms with van der Waals surface area (Å²) in [5.41, 5.74) is 0.261. The predicted molar refractivity (Wildman–Crippen MR) is 72.1 cm³/mol. The van der Waals surface area contributed by atoms with Crippen LogP contribution >= 0.6 is 0 Å². The van der Waals surface area contributed by atoms with E-state index in [2.05, 4.69) is 10.6 Å². The van der Waals surface area contributed by atoms with Crippen molar-refractivity contribution in [3.63, 3.8) is 0 Å². The molecular weight excluding hydrogens is 258 g/mol. The third-order valence-corrected chi connectivity index (χ3v) is 3.62. The zero-order valence-electron chi connectivity index (χ0n) is 10.8. The molecule has 104 valence electrons. The Kier molecular flexibility index (Phi) is 3.89. The van der Waals surface area contributed by atoms with Crippen molar-refractivity contribution in [2.75, 3.05) is 11.9 Å². The lowest BCUT2D eigenvalue weighted by atomic mass is 9.69. The lowest BCUT2D eigenvalue weighted by molar-refractivity contribution is -0.153. The Labute approximate surface area is 116 Å². The highest BCUT2D eigenvalue weighted by molar-refractivity contribution is 5.89. The van der Waals surface area contributed by atoms with Crippen LogP contribution in [-0.2, 0) is 4.79 Å². The molecule has 20 heavy (non-hydrogen) atoms. The first kappa shape index (κ1) is 13.9. The molecular formula is C14H15N3O3. The molecule has 1 saturated carbocycles. The lowest BCUT2D eigenvalue weighted by Crippen LogP contribution is -2.48. The molecule has 0 heterocycles. The Hall–Kier alpha value is -2.55. The maximum atomic E-state index is 11.7. The van der Waals surface area contributed by atoms with Gasteiger partial charge in [-0.1, -0.05) is 6.42 Å². The number of nitrogens with zero attached hydrogens (tertiary/aromatic N) is 1. The summed E-state index contributed by atoms with van der Waals surface area (Å²) >= 11 is 0. The van der Waals surface area contributed by atoms with Gasteiger partial charge in [0.1, 0.15) is 0 Å². The van der Waals surface area contributed by atoms with E-state index in [9.17, 15) is 9.59 Å². The van der Waals surface area contributed by atoms with Gasteiger partial charge in [0.25, 0.3) is 0 Å². The summed E-state index contributed by atoms with van der Waals surface area (Å²) in [6.07, 6.45) is 2.07.